The van der Waals surface area contributed by atoms with Crippen molar-refractivity contribution in [3.63, 3.8) is 0 Å². The second-order valence-corrected chi connectivity index (χ2v) is 7.43. The van der Waals surface area contributed by atoms with Gasteiger partial charge in [0.25, 0.3) is 0 Å². The predicted molar refractivity (Wildman–Crippen MR) is 85.0 cm³/mol. The van der Waals surface area contributed by atoms with Gasteiger partial charge in [-0.05, 0) is 24.8 Å². The number of rotatable bonds is 5. The van der Waals surface area contributed by atoms with Crippen molar-refractivity contribution < 1.29 is 8.42 Å². The predicted octanol–water partition coefficient (Wildman–Crippen LogP) is 0.295. The lowest BCUT2D eigenvalue weighted by Crippen LogP contribution is -2.41. The summed E-state index contributed by atoms with van der Waals surface area (Å²) in [6.07, 6.45) is 6.09. The highest BCUT2D eigenvalue weighted by atomic mass is 32.2. The molecule has 1 aliphatic heterocycles. The Labute approximate surface area is 134 Å². The van der Waals surface area contributed by atoms with Crippen molar-refractivity contribution in [1.82, 2.24) is 24.5 Å². The Morgan fingerprint density at radius 2 is 2.35 bits per heavy atom. The third-order valence-corrected chi connectivity index (χ3v) is 5.65. The number of hydrogen-bond donors (Lipinski definition) is 3. The summed E-state index contributed by atoms with van der Waals surface area (Å²) in [6.45, 7) is 1.59. The highest BCUT2D eigenvalue weighted by Crippen LogP contribution is 2.23. The quantitative estimate of drug-likeness (QED) is 0.715. The molecule has 23 heavy (non-hydrogen) atoms. The van der Waals surface area contributed by atoms with E-state index >= 15 is 0 Å². The van der Waals surface area contributed by atoms with Gasteiger partial charge in [0.15, 0.2) is 0 Å². The van der Waals surface area contributed by atoms with Crippen LogP contribution < -0.4 is 11.1 Å². The number of piperidine rings is 1. The van der Waals surface area contributed by atoms with E-state index in [0.29, 0.717) is 31.4 Å². The van der Waals surface area contributed by atoms with Gasteiger partial charge in [-0.1, -0.05) is 0 Å². The molecule has 9 nitrogen and oxygen atoms in total. The summed E-state index contributed by atoms with van der Waals surface area (Å²) in [5.74, 6) is 1.05. The van der Waals surface area contributed by atoms with Crippen molar-refractivity contribution in [2.75, 3.05) is 30.7 Å². The van der Waals surface area contributed by atoms with Gasteiger partial charge < -0.3 is 11.1 Å². The van der Waals surface area contributed by atoms with Crippen LogP contribution in [-0.4, -0.2) is 52.5 Å². The molecule has 0 amide bonds. The third kappa shape index (κ3) is 3.59. The number of anilines is 2. The molecule has 3 heterocycles. The Kier molecular flexibility index (Phi) is 4.44. The third-order valence-electron chi connectivity index (χ3n) is 3.82. The molecule has 1 saturated heterocycles. The normalized spacial score (nSPS) is 19.6. The maximum Gasteiger partial charge on any atom is 0.246 e. The maximum absolute atomic E-state index is 12.5. The number of nitrogens with two attached hydrogens (primary N) is 1. The van der Waals surface area contributed by atoms with Gasteiger partial charge in [-0.2, -0.15) is 14.4 Å². The van der Waals surface area contributed by atoms with Gasteiger partial charge in [-0.15, -0.1) is 0 Å². The molecular formula is C13H19N7O2S. The lowest BCUT2D eigenvalue weighted by Gasteiger charge is -2.31. The molecule has 0 bridgehead atoms. The van der Waals surface area contributed by atoms with Gasteiger partial charge in [-0.25, -0.2) is 13.4 Å². The molecule has 2 aromatic heterocycles. The minimum Gasteiger partial charge on any atom is -0.384 e. The van der Waals surface area contributed by atoms with E-state index in [0.717, 1.165) is 12.8 Å². The number of aromatic amines is 1. The molecule has 1 aliphatic rings. The average molecular weight is 337 g/mol. The molecular weight excluding hydrogens is 318 g/mol. The van der Waals surface area contributed by atoms with Crippen LogP contribution in [0.5, 0.6) is 0 Å². The van der Waals surface area contributed by atoms with Crippen LogP contribution in [-0.2, 0) is 10.0 Å². The van der Waals surface area contributed by atoms with Crippen molar-refractivity contribution in [1.29, 1.82) is 0 Å². The van der Waals surface area contributed by atoms with Crippen LogP contribution in [0, 0.1) is 5.92 Å². The minimum absolute atomic E-state index is 0.190. The molecule has 124 valence electrons. The fraction of sp³-hybridized carbons (Fsp3) is 0.462. The topological polar surface area (TPSA) is 130 Å². The largest absolute Gasteiger partial charge is 0.384 e. The Hall–Kier alpha value is -2.20. The number of sulfonamides is 1. The molecule has 4 N–H and O–H groups in total. The zero-order valence-corrected chi connectivity index (χ0v) is 13.3. The monoisotopic (exact) mass is 337 g/mol. The number of aromatic nitrogens is 4. The molecule has 1 fully saturated rings. The van der Waals surface area contributed by atoms with Gasteiger partial charge in [0.1, 0.15) is 10.7 Å². The van der Waals surface area contributed by atoms with Crippen LogP contribution in [0.1, 0.15) is 12.8 Å². The van der Waals surface area contributed by atoms with Crippen LogP contribution >= 0.6 is 0 Å². The molecule has 0 radical (unpaired) electrons. The van der Waals surface area contributed by atoms with E-state index in [4.69, 9.17) is 5.73 Å². The Morgan fingerprint density at radius 1 is 1.48 bits per heavy atom. The van der Waals surface area contributed by atoms with E-state index in [1.165, 1.54) is 16.7 Å². The van der Waals surface area contributed by atoms with Gasteiger partial charge in [0, 0.05) is 32.0 Å². The second-order valence-electron chi connectivity index (χ2n) is 5.49. The maximum atomic E-state index is 12.5. The van der Waals surface area contributed by atoms with Gasteiger partial charge >= 0.3 is 0 Å². The second kappa shape index (κ2) is 6.50. The summed E-state index contributed by atoms with van der Waals surface area (Å²) >= 11 is 0. The van der Waals surface area contributed by atoms with E-state index in [1.807, 2.05) is 0 Å². The number of nitrogen functional groups attached to an aromatic ring is 1. The molecule has 3 rings (SSSR count). The molecule has 0 aliphatic carbocycles. The number of nitrogens with one attached hydrogen (secondary N) is 2. The number of H-pyrrole nitrogens is 1. The smallest absolute Gasteiger partial charge is 0.246 e. The lowest BCUT2D eigenvalue weighted by molar-refractivity contribution is 0.275. The zero-order chi connectivity index (χ0) is 16.3. The fourth-order valence-corrected chi connectivity index (χ4v) is 4.10. The van der Waals surface area contributed by atoms with Crippen LogP contribution in [0.3, 0.4) is 0 Å². The minimum atomic E-state index is -3.48. The summed E-state index contributed by atoms with van der Waals surface area (Å²) in [4.78, 5) is 8.36. The summed E-state index contributed by atoms with van der Waals surface area (Å²) < 4.78 is 26.5. The van der Waals surface area contributed by atoms with Gasteiger partial charge in [0.2, 0.25) is 16.0 Å². The van der Waals surface area contributed by atoms with E-state index in [9.17, 15) is 8.42 Å². The number of nitrogens with zero attached hydrogens (tertiary/aromatic N) is 4. The molecule has 0 aromatic carbocycles. The molecule has 1 atom stereocenters. The van der Waals surface area contributed by atoms with Gasteiger partial charge in [0.05, 0.1) is 6.20 Å². The summed E-state index contributed by atoms with van der Waals surface area (Å²) in [5.41, 5.74) is 5.61. The van der Waals surface area contributed by atoms with Crippen LogP contribution in [0.15, 0.2) is 29.6 Å². The van der Waals surface area contributed by atoms with E-state index in [2.05, 4.69) is 25.5 Å². The summed E-state index contributed by atoms with van der Waals surface area (Å²) in [6, 6.07) is 1.62. The van der Waals surface area contributed by atoms with Gasteiger partial charge in [-0.3, -0.25) is 5.10 Å². The summed E-state index contributed by atoms with van der Waals surface area (Å²) in [7, 11) is -3.48. The molecule has 2 aromatic rings. The first-order valence-corrected chi connectivity index (χ1v) is 8.81. The highest BCUT2D eigenvalue weighted by molar-refractivity contribution is 7.89. The van der Waals surface area contributed by atoms with Crippen LogP contribution in [0.2, 0.25) is 0 Å². The van der Waals surface area contributed by atoms with E-state index < -0.39 is 10.0 Å². The number of hydrogen-bond acceptors (Lipinski definition) is 7. The fourth-order valence-electron chi connectivity index (χ4n) is 2.63. The van der Waals surface area contributed by atoms with Crippen LogP contribution in [0.4, 0.5) is 11.8 Å². The Morgan fingerprint density at radius 3 is 3.09 bits per heavy atom. The van der Waals surface area contributed by atoms with Crippen molar-refractivity contribution in [3.05, 3.63) is 24.7 Å². The van der Waals surface area contributed by atoms with Crippen LogP contribution in [0.25, 0.3) is 0 Å². The zero-order valence-electron chi connectivity index (χ0n) is 12.5. The SMILES string of the molecule is Nc1ccnc(NCC2CCCN(S(=O)(=O)c3cn[nH]c3)C2)n1. The first-order chi connectivity index (χ1) is 11.1. The standard InChI is InChI=1S/C13H19N7O2S/c14-12-3-4-15-13(19-12)16-6-10-2-1-5-20(9-10)23(21,22)11-7-17-18-8-11/h3-4,7-8,10H,1-2,5-6,9H2,(H,17,18)(H3,14,15,16,19). The van der Waals surface area contributed by atoms with E-state index in [-0.39, 0.29) is 10.8 Å². The average Bonchev–Trinajstić information content (AvgIpc) is 3.09. The first kappa shape index (κ1) is 15.7. The Bertz CT molecular complexity index is 747. The molecule has 0 spiro atoms. The van der Waals surface area contributed by atoms with Crippen molar-refractivity contribution >= 4 is 21.8 Å². The summed E-state index contributed by atoms with van der Waals surface area (Å²) in [5, 5.41) is 9.38. The Balaban J connectivity index is 1.62. The van der Waals surface area contributed by atoms with Crippen molar-refractivity contribution in [2.24, 2.45) is 5.92 Å². The van der Waals surface area contributed by atoms with E-state index in [1.54, 1.807) is 12.3 Å². The molecule has 0 saturated carbocycles. The lowest BCUT2D eigenvalue weighted by atomic mass is 10.00. The van der Waals surface area contributed by atoms with Crippen molar-refractivity contribution in [3.8, 4) is 0 Å². The molecule has 1 unspecified atom stereocenters. The highest BCUT2D eigenvalue weighted by Gasteiger charge is 2.30. The first-order valence-electron chi connectivity index (χ1n) is 7.37. The molecule has 10 heteroatoms. The van der Waals surface area contributed by atoms with Crippen molar-refractivity contribution in [2.45, 2.75) is 17.7 Å².